The molecule has 2 N–H and O–H groups in total. The first-order valence-corrected chi connectivity index (χ1v) is 11.1. The smallest absolute Gasteiger partial charge is 0.323 e. The largest absolute Gasteiger partial charge is 0.492 e. The lowest BCUT2D eigenvalue weighted by molar-refractivity contribution is 0.116. The summed E-state index contributed by atoms with van der Waals surface area (Å²) in [5.41, 5.74) is 2.63. The second-order valence-corrected chi connectivity index (χ2v) is 7.84. The quantitative estimate of drug-likeness (QED) is 0.541. The number of hydrogen-bond donors (Lipinski definition) is 2. The van der Waals surface area contributed by atoms with Crippen LogP contribution in [-0.2, 0) is 13.1 Å². The lowest BCUT2D eigenvalue weighted by Gasteiger charge is -2.34. The Morgan fingerprint density at radius 1 is 0.906 bits per heavy atom. The van der Waals surface area contributed by atoms with Crippen molar-refractivity contribution < 1.29 is 13.9 Å². The Morgan fingerprint density at radius 3 is 2.31 bits per heavy atom. The third-order valence-electron chi connectivity index (χ3n) is 5.48. The maximum absolute atomic E-state index is 12.4. The third-order valence-corrected chi connectivity index (χ3v) is 5.48. The van der Waals surface area contributed by atoms with Crippen LogP contribution in [0.25, 0.3) is 0 Å². The van der Waals surface area contributed by atoms with Gasteiger partial charge in [0.2, 0.25) is 0 Å². The van der Waals surface area contributed by atoms with Gasteiger partial charge in [-0.05, 0) is 48.9 Å². The van der Waals surface area contributed by atoms with Crippen molar-refractivity contribution in [2.45, 2.75) is 20.0 Å². The summed E-state index contributed by atoms with van der Waals surface area (Å²) < 4.78 is 11.0. The van der Waals surface area contributed by atoms with E-state index in [2.05, 4.69) is 32.6 Å². The fourth-order valence-corrected chi connectivity index (χ4v) is 3.82. The first-order chi connectivity index (χ1) is 15.7. The van der Waals surface area contributed by atoms with E-state index in [1.807, 2.05) is 55.5 Å². The molecular weight excluding hydrogens is 404 g/mol. The SMILES string of the molecule is CCOc1ccccc1NC(=O)Nc1ccc(CN2CCN(Cc3ccco3)CC2)cc1. The monoisotopic (exact) mass is 434 g/mol. The summed E-state index contributed by atoms with van der Waals surface area (Å²) in [7, 11) is 0. The predicted octanol–water partition coefficient (Wildman–Crippen LogP) is 4.64. The van der Waals surface area contributed by atoms with Crippen LogP contribution in [0, 0.1) is 0 Å². The zero-order chi connectivity index (χ0) is 22.2. The molecule has 32 heavy (non-hydrogen) atoms. The molecule has 7 nitrogen and oxygen atoms in total. The Hall–Kier alpha value is -3.29. The number of furan rings is 1. The van der Waals surface area contributed by atoms with Crippen molar-refractivity contribution in [2.24, 2.45) is 0 Å². The van der Waals surface area contributed by atoms with Gasteiger partial charge >= 0.3 is 6.03 Å². The zero-order valence-corrected chi connectivity index (χ0v) is 18.4. The minimum Gasteiger partial charge on any atom is -0.492 e. The molecule has 1 fully saturated rings. The molecule has 1 saturated heterocycles. The summed E-state index contributed by atoms with van der Waals surface area (Å²) in [4.78, 5) is 17.3. The normalized spacial score (nSPS) is 14.8. The molecule has 0 unspecified atom stereocenters. The molecule has 4 rings (SSSR count). The molecule has 0 aliphatic carbocycles. The number of anilines is 2. The predicted molar refractivity (Wildman–Crippen MR) is 126 cm³/mol. The highest BCUT2D eigenvalue weighted by Gasteiger charge is 2.18. The molecular formula is C25H30N4O3. The molecule has 2 aromatic carbocycles. The number of rotatable bonds is 8. The van der Waals surface area contributed by atoms with Crippen LogP contribution >= 0.6 is 0 Å². The summed E-state index contributed by atoms with van der Waals surface area (Å²) in [6, 6.07) is 19.1. The summed E-state index contributed by atoms with van der Waals surface area (Å²) in [6.45, 7) is 8.36. The Balaban J connectivity index is 1.23. The van der Waals surface area contributed by atoms with Crippen molar-refractivity contribution in [1.82, 2.24) is 9.80 Å². The second-order valence-electron chi connectivity index (χ2n) is 7.84. The molecule has 2 heterocycles. The molecule has 1 aliphatic heterocycles. The number of nitrogens with one attached hydrogen (secondary N) is 2. The van der Waals surface area contributed by atoms with Gasteiger partial charge in [0.1, 0.15) is 11.5 Å². The number of amides is 2. The standard InChI is InChI=1S/C25H30N4O3/c1-2-31-24-8-4-3-7-23(24)27-25(30)26-21-11-9-20(10-12-21)18-28-13-15-29(16-14-28)19-22-6-5-17-32-22/h3-12,17H,2,13-16,18-19H2,1H3,(H2,26,27,30). The Kier molecular flexibility index (Phi) is 7.42. The maximum Gasteiger partial charge on any atom is 0.323 e. The van der Waals surface area contributed by atoms with Gasteiger partial charge in [-0.1, -0.05) is 24.3 Å². The number of piperazine rings is 1. The van der Waals surface area contributed by atoms with Crippen LogP contribution in [0.15, 0.2) is 71.3 Å². The topological polar surface area (TPSA) is 70.0 Å². The lowest BCUT2D eigenvalue weighted by Crippen LogP contribution is -2.45. The van der Waals surface area contributed by atoms with Crippen LogP contribution in [-0.4, -0.2) is 48.6 Å². The van der Waals surface area contributed by atoms with Crippen molar-refractivity contribution in [3.8, 4) is 5.75 Å². The van der Waals surface area contributed by atoms with Gasteiger partial charge in [-0.3, -0.25) is 9.80 Å². The fourth-order valence-electron chi connectivity index (χ4n) is 3.82. The number of ether oxygens (including phenoxy) is 1. The number of carbonyl (C=O) groups excluding carboxylic acids is 1. The average molecular weight is 435 g/mol. The molecule has 1 aliphatic rings. The van der Waals surface area contributed by atoms with Gasteiger partial charge < -0.3 is 19.8 Å². The van der Waals surface area contributed by atoms with Crippen molar-refractivity contribution in [2.75, 3.05) is 43.4 Å². The fraction of sp³-hybridized carbons (Fsp3) is 0.320. The van der Waals surface area contributed by atoms with Gasteiger partial charge in [0.15, 0.2) is 0 Å². The summed E-state index contributed by atoms with van der Waals surface area (Å²) >= 11 is 0. The number of para-hydroxylation sites is 2. The van der Waals surface area contributed by atoms with E-state index in [4.69, 9.17) is 9.15 Å². The number of nitrogens with zero attached hydrogens (tertiary/aromatic N) is 2. The maximum atomic E-state index is 12.4. The molecule has 0 atom stereocenters. The summed E-state index contributed by atoms with van der Waals surface area (Å²) in [6.07, 6.45) is 1.73. The van der Waals surface area contributed by atoms with E-state index in [1.165, 1.54) is 5.56 Å². The van der Waals surface area contributed by atoms with Crippen LogP contribution in [0.2, 0.25) is 0 Å². The molecule has 0 saturated carbocycles. The first-order valence-electron chi connectivity index (χ1n) is 11.1. The van der Waals surface area contributed by atoms with Gasteiger partial charge in [-0.15, -0.1) is 0 Å². The molecule has 0 radical (unpaired) electrons. The molecule has 0 spiro atoms. The van der Waals surface area contributed by atoms with Crippen molar-refractivity contribution >= 4 is 17.4 Å². The van der Waals surface area contributed by atoms with Crippen molar-refractivity contribution in [3.63, 3.8) is 0 Å². The van der Waals surface area contributed by atoms with Crippen molar-refractivity contribution in [1.29, 1.82) is 0 Å². The number of carbonyl (C=O) groups is 1. The first kappa shape index (κ1) is 21.9. The van der Waals surface area contributed by atoms with E-state index in [0.29, 0.717) is 18.0 Å². The summed E-state index contributed by atoms with van der Waals surface area (Å²) in [5, 5.41) is 5.73. The Labute approximate surface area is 189 Å². The van der Waals surface area contributed by atoms with Crippen LogP contribution < -0.4 is 15.4 Å². The third kappa shape index (κ3) is 6.12. The number of hydrogen-bond acceptors (Lipinski definition) is 5. The van der Waals surface area contributed by atoms with Gasteiger partial charge in [-0.2, -0.15) is 0 Å². The van der Waals surface area contributed by atoms with E-state index >= 15 is 0 Å². The molecule has 2 amide bonds. The molecule has 0 bridgehead atoms. The van der Waals surface area contributed by atoms with E-state index in [1.54, 1.807) is 6.26 Å². The highest BCUT2D eigenvalue weighted by Crippen LogP contribution is 2.24. The highest BCUT2D eigenvalue weighted by molar-refractivity contribution is 6.00. The summed E-state index contributed by atoms with van der Waals surface area (Å²) in [5.74, 6) is 1.68. The molecule has 168 valence electrons. The second kappa shape index (κ2) is 10.8. The van der Waals surface area contributed by atoms with Gasteiger partial charge in [0.25, 0.3) is 0 Å². The van der Waals surface area contributed by atoms with E-state index < -0.39 is 0 Å². The Bertz CT molecular complexity index is 981. The average Bonchev–Trinajstić information content (AvgIpc) is 3.31. The highest BCUT2D eigenvalue weighted by atomic mass is 16.5. The van der Waals surface area contributed by atoms with E-state index in [9.17, 15) is 4.79 Å². The van der Waals surface area contributed by atoms with Gasteiger partial charge in [0.05, 0.1) is 25.1 Å². The van der Waals surface area contributed by atoms with Gasteiger partial charge in [0, 0.05) is 38.4 Å². The van der Waals surface area contributed by atoms with E-state index in [-0.39, 0.29) is 6.03 Å². The number of urea groups is 1. The van der Waals surface area contributed by atoms with Gasteiger partial charge in [-0.25, -0.2) is 4.79 Å². The van der Waals surface area contributed by atoms with Crippen LogP contribution in [0.1, 0.15) is 18.2 Å². The minimum absolute atomic E-state index is 0.294. The zero-order valence-electron chi connectivity index (χ0n) is 18.4. The van der Waals surface area contributed by atoms with Crippen LogP contribution in [0.4, 0.5) is 16.2 Å². The number of benzene rings is 2. The van der Waals surface area contributed by atoms with Crippen LogP contribution in [0.3, 0.4) is 0 Å². The van der Waals surface area contributed by atoms with E-state index in [0.717, 1.165) is 50.7 Å². The molecule has 3 aromatic rings. The molecule has 7 heteroatoms. The Morgan fingerprint density at radius 2 is 1.62 bits per heavy atom. The van der Waals surface area contributed by atoms with Crippen LogP contribution in [0.5, 0.6) is 5.75 Å². The van der Waals surface area contributed by atoms with Crippen molar-refractivity contribution in [3.05, 3.63) is 78.3 Å². The minimum atomic E-state index is -0.294. The molecule has 1 aromatic heterocycles. The lowest BCUT2D eigenvalue weighted by atomic mass is 10.1.